The number of rotatable bonds is 6. The molecule has 2 aliphatic heterocycles. The number of allylic oxidation sites excluding steroid dienone is 2. The first kappa shape index (κ1) is 40.0. The molecule has 2 heterocycles. The predicted octanol–water partition coefficient (Wildman–Crippen LogP) is 3.52. The number of hydrogen-bond donors (Lipinski definition) is 7. The minimum absolute atomic E-state index is 0.0336. The first-order chi connectivity index (χ1) is 24.8. The maximum Gasteiger partial charge on any atom is 0.310 e. The highest BCUT2D eigenvalue weighted by molar-refractivity contribution is 5.76. The van der Waals surface area contributed by atoms with E-state index in [1.807, 2.05) is 0 Å². The number of carbonyl (C=O) groups is 1. The van der Waals surface area contributed by atoms with Crippen LogP contribution in [0, 0.1) is 51.2 Å². The summed E-state index contributed by atoms with van der Waals surface area (Å²) < 4.78 is 24.1. The lowest BCUT2D eigenvalue weighted by molar-refractivity contribution is -0.364. The zero-order valence-corrected chi connectivity index (χ0v) is 32.7. The highest BCUT2D eigenvalue weighted by Crippen LogP contribution is 2.72. The molecule has 0 amide bonds. The molecule has 5 fully saturated rings. The van der Waals surface area contributed by atoms with Crippen LogP contribution in [0.5, 0.6) is 0 Å². The summed E-state index contributed by atoms with van der Waals surface area (Å²) in [6.45, 7) is 15.2. The molecule has 0 aromatic heterocycles. The van der Waals surface area contributed by atoms with E-state index in [9.17, 15) is 40.5 Å². The molecule has 3 saturated carbocycles. The van der Waals surface area contributed by atoms with Gasteiger partial charge in [0.15, 0.2) is 12.6 Å². The van der Waals surface area contributed by atoms with E-state index in [-0.39, 0.29) is 28.3 Å². The Bertz CT molecular complexity index is 1420. The van der Waals surface area contributed by atoms with Crippen LogP contribution in [0.1, 0.15) is 113 Å². The summed E-state index contributed by atoms with van der Waals surface area (Å²) in [4.78, 5) is 13.0. The van der Waals surface area contributed by atoms with Crippen molar-refractivity contribution in [3.05, 3.63) is 11.1 Å². The van der Waals surface area contributed by atoms with Gasteiger partial charge in [-0.15, -0.1) is 0 Å². The third kappa shape index (κ3) is 6.02. The molecule has 0 unspecified atom stereocenters. The van der Waals surface area contributed by atoms with Gasteiger partial charge in [-0.25, -0.2) is 0 Å². The van der Waals surface area contributed by atoms with E-state index in [1.165, 1.54) is 5.57 Å². The Hall–Kier alpha value is -1.19. The summed E-state index contributed by atoms with van der Waals surface area (Å²) in [5.41, 5.74) is 2.24. The summed E-state index contributed by atoms with van der Waals surface area (Å²) in [5, 5.41) is 73.7. The molecule has 7 N–H and O–H groups in total. The fraction of sp³-hybridized carbons (Fsp3) is 0.927. The fourth-order valence-corrected chi connectivity index (χ4v) is 13.6. The largest absolute Gasteiger partial charge is 0.481 e. The molecule has 0 spiro atoms. The second kappa shape index (κ2) is 14.0. The van der Waals surface area contributed by atoms with Crippen LogP contribution in [-0.4, -0.2) is 116 Å². The summed E-state index contributed by atoms with van der Waals surface area (Å²) in [6.07, 6.45) is -4.53. The van der Waals surface area contributed by atoms with Crippen LogP contribution in [0.4, 0.5) is 0 Å². The van der Waals surface area contributed by atoms with Crippen molar-refractivity contribution in [2.45, 2.75) is 180 Å². The molecule has 0 radical (unpaired) electrons. The SMILES string of the molecule is C[C@H]1[C@H](C)CC[C@]2(C(=O)O)CCC3=C(CC[C@@H]4[C@@]5(C)CC[C@H](O[C@@H]6O[C@H](C)[C@H](O[C@@H]7O[C@H](CO)[C@@H](O)[C@H](O)[C@H]7O)[C@H](O)[C@H]6O)C(C)(C)[C@@H]5CC[C@@]34C)[C@H]12. The van der Waals surface area contributed by atoms with Gasteiger partial charge in [-0.3, -0.25) is 4.79 Å². The molecule has 0 bridgehead atoms. The number of hydrogen-bond acceptors (Lipinski definition) is 11. The van der Waals surface area contributed by atoms with Crippen LogP contribution in [0.15, 0.2) is 11.1 Å². The topological polar surface area (TPSA) is 196 Å². The van der Waals surface area contributed by atoms with Crippen molar-refractivity contribution < 1.29 is 59.5 Å². The monoisotopic (exact) mass is 750 g/mol. The molecule has 19 atom stereocenters. The van der Waals surface area contributed by atoms with E-state index in [4.69, 9.17) is 18.9 Å². The lowest BCUT2D eigenvalue weighted by Gasteiger charge is -2.67. The number of ether oxygens (including phenoxy) is 4. The van der Waals surface area contributed by atoms with Gasteiger partial charge in [0.2, 0.25) is 0 Å². The Balaban J connectivity index is 1.06. The first-order valence-corrected chi connectivity index (χ1v) is 20.4. The zero-order valence-electron chi connectivity index (χ0n) is 32.7. The second-order valence-corrected chi connectivity index (χ2v) is 19.4. The van der Waals surface area contributed by atoms with Gasteiger partial charge in [0.05, 0.1) is 24.2 Å². The maximum atomic E-state index is 13.0. The Morgan fingerprint density at radius 3 is 2.11 bits per heavy atom. The standard InChI is InChI=1S/C41H66O12/c1-19-10-16-41(37(48)49)17-11-23-22(28(41)20(19)2)8-9-26-39(23,6)14-12-25-38(4,5)27(13-15-40(25,26)7)52-35-33(47)31(45)34(21(3)50-35)53-36-32(46)30(44)29(43)24(18-42)51-36/h19-21,24-36,42-47H,8-18H2,1-7H3,(H,48,49)/t19-,20+,21-,24-,25+,26+,27+,28+,29-,30+,31-,32-,33-,34+,35+,36+,39+,40+,41+/m1/s1. The average Bonchev–Trinajstić information content (AvgIpc) is 3.10. The highest BCUT2D eigenvalue weighted by atomic mass is 16.7. The average molecular weight is 751 g/mol. The molecular weight excluding hydrogens is 684 g/mol. The minimum atomic E-state index is -1.66. The molecule has 7 aliphatic rings. The van der Waals surface area contributed by atoms with Crippen LogP contribution < -0.4 is 0 Å². The third-order valence-corrected chi connectivity index (χ3v) is 16.7. The van der Waals surface area contributed by atoms with Crippen molar-refractivity contribution in [2.75, 3.05) is 6.61 Å². The van der Waals surface area contributed by atoms with E-state index >= 15 is 0 Å². The Morgan fingerprint density at radius 1 is 0.755 bits per heavy atom. The van der Waals surface area contributed by atoms with Crippen molar-refractivity contribution in [1.82, 2.24) is 0 Å². The van der Waals surface area contributed by atoms with Crippen molar-refractivity contribution in [2.24, 2.45) is 51.2 Å². The fourth-order valence-electron chi connectivity index (χ4n) is 13.6. The molecule has 12 nitrogen and oxygen atoms in total. The van der Waals surface area contributed by atoms with Crippen molar-refractivity contribution >= 4 is 5.97 Å². The van der Waals surface area contributed by atoms with Crippen LogP contribution in [-0.2, 0) is 23.7 Å². The van der Waals surface area contributed by atoms with Gasteiger partial charge in [0, 0.05) is 0 Å². The number of aliphatic carboxylic acids is 1. The molecule has 12 heteroatoms. The molecule has 302 valence electrons. The number of carboxylic acid groups (broad SMARTS) is 1. The van der Waals surface area contributed by atoms with E-state index in [0.717, 1.165) is 64.2 Å². The summed E-state index contributed by atoms with van der Waals surface area (Å²) in [6, 6.07) is 0. The van der Waals surface area contributed by atoms with E-state index in [2.05, 4.69) is 41.5 Å². The summed E-state index contributed by atoms with van der Waals surface area (Å²) in [7, 11) is 0. The Morgan fingerprint density at radius 2 is 1.43 bits per heavy atom. The normalized spacial score (nSPS) is 53.9. The van der Waals surface area contributed by atoms with Gasteiger partial charge < -0.3 is 54.7 Å². The molecule has 5 aliphatic carbocycles. The highest BCUT2D eigenvalue weighted by Gasteiger charge is 2.65. The van der Waals surface area contributed by atoms with Gasteiger partial charge in [-0.05, 0) is 117 Å². The van der Waals surface area contributed by atoms with Gasteiger partial charge in [-0.2, -0.15) is 0 Å². The van der Waals surface area contributed by atoms with Gasteiger partial charge in [0.1, 0.15) is 42.7 Å². The third-order valence-electron chi connectivity index (χ3n) is 16.7. The van der Waals surface area contributed by atoms with Crippen LogP contribution in [0.3, 0.4) is 0 Å². The molecule has 0 aromatic rings. The molecule has 53 heavy (non-hydrogen) atoms. The van der Waals surface area contributed by atoms with Crippen LogP contribution in [0.25, 0.3) is 0 Å². The van der Waals surface area contributed by atoms with Crippen molar-refractivity contribution in [3.8, 4) is 0 Å². The first-order valence-electron chi connectivity index (χ1n) is 20.4. The Labute approximate surface area is 314 Å². The maximum absolute atomic E-state index is 13.0. The van der Waals surface area contributed by atoms with Crippen LogP contribution >= 0.6 is 0 Å². The molecule has 7 rings (SSSR count). The van der Waals surface area contributed by atoms with Crippen molar-refractivity contribution in [3.63, 3.8) is 0 Å². The van der Waals surface area contributed by atoms with Crippen LogP contribution in [0.2, 0.25) is 0 Å². The van der Waals surface area contributed by atoms with Gasteiger partial charge >= 0.3 is 5.97 Å². The van der Waals surface area contributed by atoms with E-state index in [0.29, 0.717) is 23.7 Å². The summed E-state index contributed by atoms with van der Waals surface area (Å²) >= 11 is 0. The smallest absolute Gasteiger partial charge is 0.310 e. The molecule has 0 aromatic carbocycles. The van der Waals surface area contributed by atoms with E-state index < -0.39 is 79.4 Å². The van der Waals surface area contributed by atoms with Gasteiger partial charge in [-0.1, -0.05) is 52.7 Å². The predicted molar refractivity (Wildman–Crippen MR) is 192 cm³/mol. The lowest BCUT2D eigenvalue weighted by Crippen LogP contribution is -2.65. The second-order valence-electron chi connectivity index (χ2n) is 19.4. The summed E-state index contributed by atoms with van der Waals surface area (Å²) in [5.74, 6) is 1.22. The zero-order chi connectivity index (χ0) is 38.6. The van der Waals surface area contributed by atoms with E-state index in [1.54, 1.807) is 12.5 Å². The molecular formula is C41H66O12. The number of carboxylic acids is 1. The van der Waals surface area contributed by atoms with Crippen molar-refractivity contribution in [1.29, 1.82) is 0 Å². The van der Waals surface area contributed by atoms with Gasteiger partial charge in [0.25, 0.3) is 0 Å². The number of fused-ring (bicyclic) bond motifs is 6. The number of aliphatic hydroxyl groups is 6. The minimum Gasteiger partial charge on any atom is -0.481 e. The Kier molecular flexibility index (Phi) is 10.6. The quantitative estimate of drug-likeness (QED) is 0.155. The lowest BCUT2D eigenvalue weighted by atomic mass is 9.38. The number of aliphatic hydroxyl groups excluding tert-OH is 6. The molecule has 2 saturated heterocycles.